The maximum Gasteiger partial charge on any atom is 0.230 e. The number of aryl methyl sites for hydroxylation is 1. The normalized spacial score (nSPS) is 10.4. The molecule has 1 aromatic heterocycles. The lowest BCUT2D eigenvalue weighted by molar-refractivity contribution is 0.970. The van der Waals surface area contributed by atoms with Crippen LogP contribution in [0.5, 0.6) is 0 Å². The first-order valence-corrected chi connectivity index (χ1v) is 5.80. The first-order chi connectivity index (χ1) is 8.47. The minimum absolute atomic E-state index is 0.195. The van der Waals surface area contributed by atoms with Gasteiger partial charge in [-0.2, -0.15) is 15.0 Å². The van der Waals surface area contributed by atoms with Crippen LogP contribution in [0.3, 0.4) is 0 Å². The molecule has 94 valence electrons. The molecule has 0 radical (unpaired) electrons. The van der Waals surface area contributed by atoms with Crippen LogP contribution < -0.4 is 10.6 Å². The van der Waals surface area contributed by atoms with Gasteiger partial charge in [0.25, 0.3) is 0 Å². The molecule has 0 atom stereocenters. The van der Waals surface area contributed by atoms with Crippen molar-refractivity contribution in [3.05, 3.63) is 28.8 Å². The molecule has 0 aliphatic heterocycles. The summed E-state index contributed by atoms with van der Waals surface area (Å²) in [6.07, 6.45) is 0. The van der Waals surface area contributed by atoms with E-state index in [1.807, 2.05) is 39.2 Å². The molecule has 0 spiro atoms. The average molecular weight is 264 g/mol. The van der Waals surface area contributed by atoms with E-state index in [1.165, 1.54) is 0 Å². The van der Waals surface area contributed by atoms with Crippen molar-refractivity contribution >= 4 is 23.5 Å². The number of hydrogen-bond acceptors (Lipinski definition) is 5. The van der Waals surface area contributed by atoms with Crippen molar-refractivity contribution in [1.82, 2.24) is 15.0 Å². The third kappa shape index (κ3) is 2.51. The monoisotopic (exact) mass is 263 g/mol. The van der Waals surface area contributed by atoms with E-state index in [0.29, 0.717) is 16.8 Å². The molecule has 0 aliphatic carbocycles. The predicted molar refractivity (Wildman–Crippen MR) is 73.7 cm³/mol. The van der Waals surface area contributed by atoms with Gasteiger partial charge in [-0.3, -0.25) is 0 Å². The smallest absolute Gasteiger partial charge is 0.230 e. The van der Waals surface area contributed by atoms with Crippen LogP contribution in [0.15, 0.2) is 18.2 Å². The molecule has 0 fully saturated rings. The summed E-state index contributed by atoms with van der Waals surface area (Å²) in [6, 6.07) is 5.66. The molecule has 1 aromatic carbocycles. The largest absolute Gasteiger partial charge is 0.368 e. The molecule has 2 aromatic rings. The first-order valence-electron chi connectivity index (χ1n) is 5.43. The lowest BCUT2D eigenvalue weighted by Gasteiger charge is -2.11. The van der Waals surface area contributed by atoms with E-state index in [-0.39, 0.29) is 5.95 Å². The fourth-order valence-electron chi connectivity index (χ4n) is 1.44. The molecule has 0 unspecified atom stereocenters. The Hall–Kier alpha value is -1.88. The van der Waals surface area contributed by atoms with E-state index in [2.05, 4.69) is 15.0 Å². The van der Waals surface area contributed by atoms with E-state index < -0.39 is 0 Å². The Kier molecular flexibility index (Phi) is 3.34. The molecule has 6 heteroatoms. The summed E-state index contributed by atoms with van der Waals surface area (Å²) in [5.74, 6) is 1.24. The van der Waals surface area contributed by atoms with Gasteiger partial charge in [-0.1, -0.05) is 23.7 Å². The Bertz CT molecular complexity index is 583. The number of nitrogens with two attached hydrogens (primary N) is 1. The lowest BCUT2D eigenvalue weighted by atomic mass is 10.1. The fourth-order valence-corrected chi connectivity index (χ4v) is 1.62. The number of rotatable bonds is 2. The molecular formula is C12H14ClN5. The zero-order valence-electron chi connectivity index (χ0n) is 10.5. The van der Waals surface area contributed by atoms with Gasteiger partial charge < -0.3 is 10.6 Å². The first kappa shape index (κ1) is 12.6. The van der Waals surface area contributed by atoms with Crippen LogP contribution in [0.4, 0.5) is 11.9 Å². The highest BCUT2D eigenvalue weighted by molar-refractivity contribution is 6.31. The second kappa shape index (κ2) is 4.78. The highest BCUT2D eigenvalue weighted by Gasteiger charge is 2.09. The third-order valence-electron chi connectivity index (χ3n) is 2.47. The Morgan fingerprint density at radius 2 is 1.89 bits per heavy atom. The molecule has 0 bridgehead atoms. The van der Waals surface area contributed by atoms with Gasteiger partial charge in [0.1, 0.15) is 0 Å². The van der Waals surface area contributed by atoms with E-state index >= 15 is 0 Å². The Labute approximate surface area is 111 Å². The summed E-state index contributed by atoms with van der Waals surface area (Å²) in [6.45, 7) is 1.94. The number of aromatic nitrogens is 3. The van der Waals surface area contributed by atoms with Gasteiger partial charge >= 0.3 is 0 Å². The number of benzene rings is 1. The van der Waals surface area contributed by atoms with Crippen molar-refractivity contribution in [3.63, 3.8) is 0 Å². The van der Waals surface area contributed by atoms with Crippen molar-refractivity contribution in [1.29, 1.82) is 0 Å². The number of nitrogen functional groups attached to an aromatic ring is 1. The SMILES string of the molecule is Cc1ccc(-c2nc(N)nc(N(C)C)n2)cc1Cl. The standard InChI is InChI=1S/C12H14ClN5/c1-7-4-5-8(6-9(7)13)10-15-11(14)17-12(16-10)18(2)3/h4-6H,1-3H3,(H2,14,15,16,17). The van der Waals surface area contributed by atoms with Gasteiger partial charge in [0.2, 0.25) is 11.9 Å². The van der Waals surface area contributed by atoms with Crippen LogP contribution in [-0.2, 0) is 0 Å². The van der Waals surface area contributed by atoms with Crippen molar-refractivity contribution in [3.8, 4) is 11.4 Å². The van der Waals surface area contributed by atoms with Crippen molar-refractivity contribution in [2.45, 2.75) is 6.92 Å². The van der Waals surface area contributed by atoms with E-state index in [9.17, 15) is 0 Å². The van der Waals surface area contributed by atoms with Gasteiger partial charge in [-0.25, -0.2) is 0 Å². The van der Waals surface area contributed by atoms with Gasteiger partial charge in [0.05, 0.1) is 0 Å². The summed E-state index contributed by atoms with van der Waals surface area (Å²) in [5.41, 5.74) is 7.51. The molecule has 2 rings (SSSR count). The summed E-state index contributed by atoms with van der Waals surface area (Å²) in [4.78, 5) is 14.3. The van der Waals surface area contributed by atoms with Gasteiger partial charge in [-0.15, -0.1) is 0 Å². The van der Waals surface area contributed by atoms with Crippen molar-refractivity contribution in [2.75, 3.05) is 24.7 Å². The number of hydrogen-bond donors (Lipinski definition) is 1. The summed E-state index contributed by atoms with van der Waals surface area (Å²) < 4.78 is 0. The van der Waals surface area contributed by atoms with E-state index in [0.717, 1.165) is 11.1 Å². The maximum atomic E-state index is 6.09. The predicted octanol–water partition coefficient (Wildman–Crippen LogP) is 2.15. The Morgan fingerprint density at radius 1 is 1.17 bits per heavy atom. The highest BCUT2D eigenvalue weighted by atomic mass is 35.5. The lowest BCUT2D eigenvalue weighted by Crippen LogP contribution is -2.15. The van der Waals surface area contributed by atoms with Gasteiger partial charge in [0, 0.05) is 24.7 Å². The molecule has 0 saturated heterocycles. The van der Waals surface area contributed by atoms with Crippen LogP contribution in [0.1, 0.15) is 5.56 Å². The van der Waals surface area contributed by atoms with E-state index in [1.54, 1.807) is 4.90 Å². The number of nitrogens with zero attached hydrogens (tertiary/aromatic N) is 4. The van der Waals surface area contributed by atoms with Gasteiger partial charge in [-0.05, 0) is 18.6 Å². The Balaban J connectivity index is 2.53. The fraction of sp³-hybridized carbons (Fsp3) is 0.250. The maximum absolute atomic E-state index is 6.09. The Morgan fingerprint density at radius 3 is 2.50 bits per heavy atom. The van der Waals surface area contributed by atoms with Crippen LogP contribution in [-0.4, -0.2) is 29.0 Å². The second-order valence-electron chi connectivity index (χ2n) is 4.18. The second-order valence-corrected chi connectivity index (χ2v) is 4.58. The highest BCUT2D eigenvalue weighted by Crippen LogP contribution is 2.24. The molecule has 0 saturated carbocycles. The quantitative estimate of drug-likeness (QED) is 0.899. The van der Waals surface area contributed by atoms with Crippen molar-refractivity contribution in [2.24, 2.45) is 0 Å². The third-order valence-corrected chi connectivity index (χ3v) is 2.88. The molecule has 0 amide bonds. The van der Waals surface area contributed by atoms with Crippen LogP contribution in [0, 0.1) is 6.92 Å². The molecule has 18 heavy (non-hydrogen) atoms. The summed E-state index contributed by atoms with van der Waals surface area (Å²) >= 11 is 6.09. The number of halogens is 1. The van der Waals surface area contributed by atoms with Crippen molar-refractivity contribution < 1.29 is 0 Å². The topological polar surface area (TPSA) is 67.9 Å². The molecule has 1 heterocycles. The molecular weight excluding hydrogens is 250 g/mol. The van der Waals surface area contributed by atoms with Crippen LogP contribution in [0.25, 0.3) is 11.4 Å². The minimum Gasteiger partial charge on any atom is -0.368 e. The van der Waals surface area contributed by atoms with Gasteiger partial charge in [0.15, 0.2) is 5.82 Å². The van der Waals surface area contributed by atoms with Crippen LogP contribution >= 0.6 is 11.6 Å². The zero-order chi connectivity index (χ0) is 13.3. The zero-order valence-corrected chi connectivity index (χ0v) is 11.2. The average Bonchev–Trinajstić information content (AvgIpc) is 2.31. The summed E-state index contributed by atoms with van der Waals surface area (Å²) in [7, 11) is 3.70. The van der Waals surface area contributed by atoms with Crippen LogP contribution in [0.2, 0.25) is 5.02 Å². The molecule has 5 nitrogen and oxygen atoms in total. The van der Waals surface area contributed by atoms with E-state index in [4.69, 9.17) is 17.3 Å². The summed E-state index contributed by atoms with van der Waals surface area (Å²) in [5, 5.41) is 0.679. The number of anilines is 2. The molecule has 2 N–H and O–H groups in total. The minimum atomic E-state index is 0.195. The molecule has 0 aliphatic rings.